The van der Waals surface area contributed by atoms with E-state index in [-0.39, 0.29) is 6.61 Å². The summed E-state index contributed by atoms with van der Waals surface area (Å²) in [6, 6.07) is 3.78. The summed E-state index contributed by atoms with van der Waals surface area (Å²) < 4.78 is 5.12. The monoisotopic (exact) mass is 150 g/mol. The standard InChI is InChI=1S/C9H10O2/c10-6-8-4-7(8)5-9-2-1-3-11-9/h1-3,5,8,10H,4,6H2/b7-5+. The predicted molar refractivity (Wildman–Crippen MR) is 41.9 cm³/mol. The second-order valence-electron chi connectivity index (χ2n) is 2.82. The van der Waals surface area contributed by atoms with Crippen molar-refractivity contribution < 1.29 is 9.52 Å². The van der Waals surface area contributed by atoms with Crippen LogP contribution in [-0.2, 0) is 0 Å². The minimum Gasteiger partial charge on any atom is -0.465 e. The van der Waals surface area contributed by atoms with Gasteiger partial charge in [0.25, 0.3) is 0 Å². The maximum atomic E-state index is 8.73. The second kappa shape index (κ2) is 2.55. The van der Waals surface area contributed by atoms with E-state index in [0.29, 0.717) is 5.92 Å². The molecule has 0 bridgehead atoms. The van der Waals surface area contributed by atoms with E-state index in [9.17, 15) is 0 Å². The lowest BCUT2D eigenvalue weighted by Crippen LogP contribution is -1.80. The van der Waals surface area contributed by atoms with Crippen molar-refractivity contribution in [2.24, 2.45) is 5.92 Å². The average Bonchev–Trinajstić information content (AvgIpc) is 2.54. The van der Waals surface area contributed by atoms with Gasteiger partial charge in [0.1, 0.15) is 5.76 Å². The highest BCUT2D eigenvalue weighted by Crippen LogP contribution is 2.38. The van der Waals surface area contributed by atoms with Gasteiger partial charge in [-0.3, -0.25) is 0 Å². The van der Waals surface area contributed by atoms with Crippen molar-refractivity contribution in [3.05, 3.63) is 29.7 Å². The van der Waals surface area contributed by atoms with Crippen LogP contribution in [0.2, 0.25) is 0 Å². The normalized spacial score (nSPS) is 25.9. The molecule has 0 radical (unpaired) electrons. The van der Waals surface area contributed by atoms with Gasteiger partial charge in [-0.15, -0.1) is 0 Å². The van der Waals surface area contributed by atoms with Gasteiger partial charge in [0.15, 0.2) is 0 Å². The van der Waals surface area contributed by atoms with Crippen molar-refractivity contribution >= 4 is 6.08 Å². The molecule has 58 valence electrons. The first kappa shape index (κ1) is 6.68. The molecule has 1 unspecified atom stereocenters. The van der Waals surface area contributed by atoms with Crippen LogP contribution in [0.15, 0.2) is 28.4 Å². The van der Waals surface area contributed by atoms with Crippen LogP contribution < -0.4 is 0 Å². The first-order valence-electron chi connectivity index (χ1n) is 3.75. The fraction of sp³-hybridized carbons (Fsp3) is 0.333. The molecule has 11 heavy (non-hydrogen) atoms. The quantitative estimate of drug-likeness (QED) is 0.695. The Bertz CT molecular complexity index is 259. The van der Waals surface area contributed by atoms with Crippen molar-refractivity contribution in [1.29, 1.82) is 0 Å². The highest BCUT2D eigenvalue weighted by atomic mass is 16.3. The van der Waals surface area contributed by atoms with E-state index < -0.39 is 0 Å². The summed E-state index contributed by atoms with van der Waals surface area (Å²) >= 11 is 0. The van der Waals surface area contributed by atoms with Gasteiger partial charge in [-0.1, -0.05) is 5.57 Å². The molecule has 1 aliphatic carbocycles. The fourth-order valence-corrected chi connectivity index (χ4v) is 1.14. The lowest BCUT2D eigenvalue weighted by atomic mass is 10.3. The van der Waals surface area contributed by atoms with E-state index in [2.05, 4.69) is 0 Å². The zero-order valence-electron chi connectivity index (χ0n) is 6.16. The zero-order chi connectivity index (χ0) is 7.68. The Balaban J connectivity index is 2.07. The van der Waals surface area contributed by atoms with E-state index in [1.807, 2.05) is 18.2 Å². The number of hydrogen-bond acceptors (Lipinski definition) is 2. The zero-order valence-corrected chi connectivity index (χ0v) is 6.16. The maximum absolute atomic E-state index is 8.73. The van der Waals surface area contributed by atoms with E-state index in [1.165, 1.54) is 5.57 Å². The van der Waals surface area contributed by atoms with Crippen molar-refractivity contribution in [3.63, 3.8) is 0 Å². The van der Waals surface area contributed by atoms with Gasteiger partial charge in [0.05, 0.1) is 6.26 Å². The summed E-state index contributed by atoms with van der Waals surface area (Å²) in [5.74, 6) is 1.29. The predicted octanol–water partition coefficient (Wildman–Crippen LogP) is 1.68. The summed E-state index contributed by atoms with van der Waals surface area (Å²) in [7, 11) is 0. The molecule has 0 spiro atoms. The van der Waals surface area contributed by atoms with E-state index >= 15 is 0 Å². The lowest BCUT2D eigenvalue weighted by Gasteiger charge is -1.82. The number of aliphatic hydroxyl groups is 1. The summed E-state index contributed by atoms with van der Waals surface area (Å²) in [5.41, 5.74) is 1.29. The van der Waals surface area contributed by atoms with Crippen molar-refractivity contribution in [2.75, 3.05) is 6.61 Å². The molecule has 1 fully saturated rings. The minimum absolute atomic E-state index is 0.270. The number of aliphatic hydroxyl groups excluding tert-OH is 1. The Labute approximate surface area is 65.1 Å². The van der Waals surface area contributed by atoms with Gasteiger partial charge < -0.3 is 9.52 Å². The molecule has 2 heteroatoms. The highest BCUT2D eigenvalue weighted by Gasteiger charge is 2.28. The molecule has 1 heterocycles. The first-order valence-corrected chi connectivity index (χ1v) is 3.75. The number of hydrogen-bond donors (Lipinski definition) is 1. The maximum Gasteiger partial charge on any atom is 0.126 e. The summed E-state index contributed by atoms with van der Waals surface area (Å²) in [6.07, 6.45) is 4.68. The van der Waals surface area contributed by atoms with Gasteiger partial charge in [-0.25, -0.2) is 0 Å². The van der Waals surface area contributed by atoms with Crippen LogP contribution in [0.1, 0.15) is 12.2 Å². The Morgan fingerprint density at radius 1 is 1.73 bits per heavy atom. The molecular formula is C9H10O2. The molecule has 1 aromatic rings. The van der Waals surface area contributed by atoms with Crippen LogP contribution in [0.25, 0.3) is 6.08 Å². The van der Waals surface area contributed by atoms with Gasteiger partial charge in [0.2, 0.25) is 0 Å². The Kier molecular flexibility index (Phi) is 1.55. The molecule has 1 aromatic heterocycles. The minimum atomic E-state index is 0.270. The molecule has 2 rings (SSSR count). The molecule has 0 aliphatic heterocycles. The Hall–Kier alpha value is -1.02. The number of rotatable bonds is 2. The average molecular weight is 150 g/mol. The van der Waals surface area contributed by atoms with E-state index in [4.69, 9.17) is 9.52 Å². The molecule has 2 nitrogen and oxygen atoms in total. The SMILES string of the molecule is OCC1C/C1=C\c1ccco1. The lowest BCUT2D eigenvalue weighted by molar-refractivity contribution is 0.281. The van der Waals surface area contributed by atoms with Crippen LogP contribution in [0.3, 0.4) is 0 Å². The smallest absolute Gasteiger partial charge is 0.126 e. The van der Waals surface area contributed by atoms with Gasteiger partial charge in [-0.2, -0.15) is 0 Å². The molecular weight excluding hydrogens is 140 g/mol. The van der Waals surface area contributed by atoms with Gasteiger partial charge in [-0.05, 0) is 24.6 Å². The summed E-state index contributed by atoms with van der Waals surface area (Å²) in [4.78, 5) is 0. The largest absolute Gasteiger partial charge is 0.465 e. The van der Waals surface area contributed by atoms with Crippen molar-refractivity contribution in [1.82, 2.24) is 0 Å². The van der Waals surface area contributed by atoms with Crippen molar-refractivity contribution in [2.45, 2.75) is 6.42 Å². The fourth-order valence-electron chi connectivity index (χ4n) is 1.14. The van der Waals surface area contributed by atoms with Crippen LogP contribution in [0, 0.1) is 5.92 Å². The van der Waals surface area contributed by atoms with Crippen molar-refractivity contribution in [3.8, 4) is 0 Å². The van der Waals surface area contributed by atoms with E-state index in [0.717, 1.165) is 12.2 Å². The van der Waals surface area contributed by atoms with E-state index in [1.54, 1.807) is 6.26 Å². The van der Waals surface area contributed by atoms with Crippen LogP contribution in [0.5, 0.6) is 0 Å². The molecule has 1 aliphatic rings. The third-order valence-corrected chi connectivity index (χ3v) is 1.94. The van der Waals surface area contributed by atoms with Gasteiger partial charge in [0, 0.05) is 12.5 Å². The molecule has 0 aromatic carbocycles. The molecule has 0 amide bonds. The second-order valence-corrected chi connectivity index (χ2v) is 2.82. The Morgan fingerprint density at radius 3 is 3.18 bits per heavy atom. The van der Waals surface area contributed by atoms with Crippen LogP contribution in [0.4, 0.5) is 0 Å². The topological polar surface area (TPSA) is 33.4 Å². The summed E-state index contributed by atoms with van der Waals surface area (Å²) in [5, 5.41) is 8.73. The molecule has 1 atom stereocenters. The Morgan fingerprint density at radius 2 is 2.64 bits per heavy atom. The highest BCUT2D eigenvalue weighted by molar-refractivity contribution is 5.53. The third-order valence-electron chi connectivity index (χ3n) is 1.94. The number of furan rings is 1. The summed E-state index contributed by atoms with van der Waals surface area (Å²) in [6.45, 7) is 0.270. The molecule has 1 N–H and O–H groups in total. The van der Waals surface area contributed by atoms with Crippen LogP contribution >= 0.6 is 0 Å². The first-order chi connectivity index (χ1) is 5.40. The van der Waals surface area contributed by atoms with Crippen LogP contribution in [-0.4, -0.2) is 11.7 Å². The third kappa shape index (κ3) is 1.35. The van der Waals surface area contributed by atoms with Gasteiger partial charge >= 0.3 is 0 Å². The molecule has 1 saturated carbocycles. The molecule has 0 saturated heterocycles.